The van der Waals surface area contributed by atoms with E-state index in [1.54, 1.807) is 0 Å². The van der Waals surface area contributed by atoms with Crippen LogP contribution in [0.2, 0.25) is 0 Å². The molecule has 32 heavy (non-hydrogen) atoms. The second kappa shape index (κ2) is 8.35. The van der Waals surface area contributed by atoms with Gasteiger partial charge in [0, 0.05) is 11.1 Å². The predicted octanol–water partition coefficient (Wildman–Crippen LogP) is 3.34. The number of carbonyl (C=O) groups is 3. The molecule has 3 N–H and O–H groups in total. The first-order valence-corrected chi connectivity index (χ1v) is 11.1. The number of nitrogens with one attached hydrogen (secondary N) is 1. The third-order valence-corrected chi connectivity index (χ3v) is 7.90. The van der Waals surface area contributed by atoms with Gasteiger partial charge in [-0.2, -0.15) is 0 Å². The van der Waals surface area contributed by atoms with Crippen molar-refractivity contribution < 1.29 is 28.6 Å². The average Bonchev–Trinajstić information content (AvgIpc) is 2.56. The van der Waals surface area contributed by atoms with Gasteiger partial charge in [-0.1, -0.05) is 13.8 Å². The Bertz CT molecular complexity index is 737. The number of halogens is 1. The van der Waals surface area contributed by atoms with Crippen molar-refractivity contribution in [1.29, 1.82) is 0 Å². The molecule has 2 unspecified atom stereocenters. The van der Waals surface area contributed by atoms with Crippen LogP contribution in [0.25, 0.3) is 0 Å². The second-order valence-corrected chi connectivity index (χ2v) is 11.5. The van der Waals surface area contributed by atoms with Crippen LogP contribution in [-0.4, -0.2) is 48.9 Å². The average molecular weight is 475 g/mol. The van der Waals surface area contributed by atoms with E-state index in [1.165, 1.54) is 14.2 Å². The number of alkyl carbamates (subject to hydrolysis) is 1. The molecular formula is C23H39ClN2O6. The normalized spacial score (nSPS) is 37.0. The number of hydrogen-bond donors (Lipinski definition) is 2. The number of esters is 2. The predicted molar refractivity (Wildman–Crippen MR) is 121 cm³/mol. The Morgan fingerprint density at radius 2 is 1.22 bits per heavy atom. The summed E-state index contributed by atoms with van der Waals surface area (Å²) in [6.07, 6.45) is 5.19. The SMILES string of the molecule is COC(=O)C(C)C12CC(N)(C1)C2.COC(=O)C(C)C12CC(NC(=O)OC(C)(C)C)(C1)C2.Cl. The minimum absolute atomic E-state index is 0. The highest BCUT2D eigenvalue weighted by atomic mass is 35.5. The molecule has 0 heterocycles. The van der Waals surface area contributed by atoms with Crippen LogP contribution in [-0.2, 0) is 23.8 Å². The van der Waals surface area contributed by atoms with Crippen LogP contribution >= 0.6 is 12.4 Å². The van der Waals surface area contributed by atoms with E-state index in [2.05, 4.69) is 5.32 Å². The summed E-state index contributed by atoms with van der Waals surface area (Å²) in [4.78, 5) is 34.5. The van der Waals surface area contributed by atoms with Crippen molar-refractivity contribution in [2.45, 2.75) is 89.8 Å². The van der Waals surface area contributed by atoms with E-state index in [0.29, 0.717) is 0 Å². The van der Waals surface area contributed by atoms with E-state index < -0.39 is 5.60 Å². The van der Waals surface area contributed by atoms with E-state index in [-0.39, 0.29) is 64.2 Å². The number of amides is 1. The highest BCUT2D eigenvalue weighted by Crippen LogP contribution is 2.71. The quantitative estimate of drug-likeness (QED) is 0.463. The van der Waals surface area contributed by atoms with Crippen LogP contribution < -0.4 is 11.1 Å². The zero-order chi connectivity index (χ0) is 23.5. The Morgan fingerprint density at radius 1 is 0.844 bits per heavy atom. The van der Waals surface area contributed by atoms with Gasteiger partial charge in [-0.15, -0.1) is 12.4 Å². The fourth-order valence-corrected chi connectivity index (χ4v) is 6.24. The number of ether oxygens (including phenoxy) is 3. The molecule has 0 saturated heterocycles. The number of carbonyl (C=O) groups excluding carboxylic acids is 3. The molecule has 0 aromatic rings. The summed E-state index contributed by atoms with van der Waals surface area (Å²) in [5.74, 6) is -0.310. The van der Waals surface area contributed by atoms with Crippen LogP contribution in [0, 0.1) is 22.7 Å². The molecule has 6 fully saturated rings. The fourth-order valence-electron chi connectivity index (χ4n) is 6.24. The summed E-state index contributed by atoms with van der Waals surface area (Å²) in [6.45, 7) is 9.38. The lowest BCUT2D eigenvalue weighted by Gasteiger charge is -2.72. The minimum Gasteiger partial charge on any atom is -0.469 e. The smallest absolute Gasteiger partial charge is 0.408 e. The Balaban J connectivity index is 0.000000241. The van der Waals surface area contributed by atoms with Crippen molar-refractivity contribution >= 4 is 30.4 Å². The molecule has 0 aromatic heterocycles. The molecule has 0 aliphatic heterocycles. The summed E-state index contributed by atoms with van der Waals surface area (Å²) >= 11 is 0. The van der Waals surface area contributed by atoms with Crippen molar-refractivity contribution in [3.05, 3.63) is 0 Å². The molecule has 0 aromatic carbocycles. The molecule has 0 spiro atoms. The third kappa shape index (κ3) is 4.58. The standard InChI is InChI=1S/C14H23NO4.C9H15NO2.ClH/c1-9(10(16)18-5)13-6-14(7-13,8-13)15-11(17)19-12(2,3)4;1-6(7(11)12-2)8-3-9(10,4-8)5-8;/h9H,6-8H2,1-5H3,(H,15,17);6H,3-5,10H2,1-2H3;1H. The third-order valence-electron chi connectivity index (χ3n) is 7.90. The van der Waals surface area contributed by atoms with Gasteiger partial charge in [-0.05, 0) is 70.1 Å². The lowest BCUT2D eigenvalue weighted by molar-refractivity contribution is -0.199. The summed E-state index contributed by atoms with van der Waals surface area (Å²) in [6, 6.07) is 0. The lowest BCUT2D eigenvalue weighted by Crippen LogP contribution is -2.77. The maximum Gasteiger partial charge on any atom is 0.408 e. The van der Waals surface area contributed by atoms with Gasteiger partial charge in [-0.25, -0.2) is 4.79 Å². The van der Waals surface area contributed by atoms with Crippen molar-refractivity contribution in [3.8, 4) is 0 Å². The first-order valence-electron chi connectivity index (χ1n) is 11.1. The Morgan fingerprint density at radius 3 is 1.53 bits per heavy atom. The Labute approximate surface area is 197 Å². The summed E-state index contributed by atoms with van der Waals surface area (Å²) in [7, 11) is 2.86. The van der Waals surface area contributed by atoms with Gasteiger partial charge < -0.3 is 25.3 Å². The molecule has 184 valence electrons. The largest absolute Gasteiger partial charge is 0.469 e. The number of rotatable bonds is 5. The maximum atomic E-state index is 11.7. The van der Waals surface area contributed by atoms with Gasteiger partial charge in [0.15, 0.2) is 0 Å². The molecule has 6 aliphatic carbocycles. The van der Waals surface area contributed by atoms with Crippen LogP contribution in [0.5, 0.6) is 0 Å². The molecule has 4 bridgehead atoms. The molecule has 1 amide bonds. The summed E-state index contributed by atoms with van der Waals surface area (Å²) < 4.78 is 14.8. The van der Waals surface area contributed by atoms with Crippen LogP contribution in [0.3, 0.4) is 0 Å². The van der Waals surface area contributed by atoms with Gasteiger partial charge in [-0.3, -0.25) is 9.59 Å². The van der Waals surface area contributed by atoms with Gasteiger partial charge in [0.1, 0.15) is 5.60 Å². The molecular weight excluding hydrogens is 436 g/mol. The Kier molecular flexibility index (Phi) is 6.97. The summed E-state index contributed by atoms with van der Waals surface area (Å²) in [5, 5.41) is 2.94. The maximum absolute atomic E-state index is 11.7. The number of hydrogen-bond acceptors (Lipinski definition) is 7. The van der Waals surface area contributed by atoms with E-state index in [0.717, 1.165) is 38.5 Å². The van der Waals surface area contributed by atoms with Gasteiger partial charge in [0.05, 0.1) is 26.1 Å². The molecule has 2 atom stereocenters. The van der Waals surface area contributed by atoms with E-state index >= 15 is 0 Å². The first-order chi connectivity index (χ1) is 14.1. The second-order valence-electron chi connectivity index (χ2n) is 11.5. The van der Waals surface area contributed by atoms with Gasteiger partial charge >= 0.3 is 18.0 Å². The minimum atomic E-state index is -0.482. The van der Waals surface area contributed by atoms with Crippen molar-refractivity contribution in [2.24, 2.45) is 28.4 Å². The molecule has 9 heteroatoms. The topological polar surface area (TPSA) is 117 Å². The highest BCUT2D eigenvalue weighted by molar-refractivity contribution is 5.85. The van der Waals surface area contributed by atoms with Crippen molar-refractivity contribution in [3.63, 3.8) is 0 Å². The number of nitrogens with two attached hydrogens (primary N) is 1. The zero-order valence-corrected chi connectivity index (χ0v) is 21.1. The van der Waals surface area contributed by atoms with Gasteiger partial charge in [0.25, 0.3) is 0 Å². The molecule has 6 saturated carbocycles. The fraction of sp³-hybridized carbons (Fsp3) is 0.870. The van der Waals surface area contributed by atoms with Crippen molar-refractivity contribution in [1.82, 2.24) is 5.32 Å². The monoisotopic (exact) mass is 474 g/mol. The van der Waals surface area contributed by atoms with Gasteiger partial charge in [0.2, 0.25) is 0 Å². The first kappa shape index (κ1) is 26.7. The zero-order valence-electron chi connectivity index (χ0n) is 20.3. The van der Waals surface area contributed by atoms with E-state index in [9.17, 15) is 14.4 Å². The summed E-state index contributed by atoms with van der Waals surface area (Å²) in [5.41, 5.74) is 5.60. The molecule has 8 nitrogen and oxygen atoms in total. The van der Waals surface area contributed by atoms with E-state index in [4.69, 9.17) is 19.9 Å². The molecule has 6 aliphatic rings. The highest BCUT2D eigenvalue weighted by Gasteiger charge is 2.72. The van der Waals surface area contributed by atoms with Crippen molar-refractivity contribution in [2.75, 3.05) is 14.2 Å². The molecule has 6 rings (SSSR count). The van der Waals surface area contributed by atoms with Crippen LogP contribution in [0.1, 0.15) is 73.1 Å². The van der Waals surface area contributed by atoms with Crippen LogP contribution in [0.15, 0.2) is 0 Å². The molecule has 0 radical (unpaired) electrons. The number of methoxy groups -OCH3 is 2. The Hall–Kier alpha value is -1.54. The van der Waals surface area contributed by atoms with E-state index in [1.807, 2.05) is 34.6 Å². The lowest BCUT2D eigenvalue weighted by atomic mass is 9.36. The van der Waals surface area contributed by atoms with Crippen LogP contribution in [0.4, 0.5) is 4.79 Å².